The van der Waals surface area contributed by atoms with E-state index in [1.807, 2.05) is 18.2 Å². The van der Waals surface area contributed by atoms with Crippen molar-refractivity contribution in [3.63, 3.8) is 0 Å². The number of aryl methyl sites for hydroxylation is 1. The van der Waals surface area contributed by atoms with Crippen molar-refractivity contribution in [1.82, 2.24) is 0 Å². The number of nitrogens with two attached hydrogens (primary N) is 1. The summed E-state index contributed by atoms with van der Waals surface area (Å²) in [6.45, 7) is 2.94. The van der Waals surface area contributed by atoms with E-state index in [0.717, 1.165) is 12.8 Å². The zero-order chi connectivity index (χ0) is 17.9. The first-order chi connectivity index (χ1) is 12.3. The number of rotatable bonds is 5. The molecule has 3 aromatic rings. The fraction of sp³-hybridized carbons (Fsp3) is 0.217. The van der Waals surface area contributed by atoms with E-state index in [2.05, 4.69) is 86.8 Å². The van der Waals surface area contributed by atoms with E-state index in [1.165, 1.54) is 32.7 Å². The Morgan fingerprint density at radius 3 is 1.96 bits per heavy atom. The third-order valence-electron chi connectivity index (χ3n) is 3.96. The van der Waals surface area contributed by atoms with Crippen LogP contribution in [0.4, 0.5) is 0 Å². The monoisotopic (exact) mass is 422 g/mol. The van der Waals surface area contributed by atoms with Gasteiger partial charge in [-0.15, -0.1) is 0 Å². The van der Waals surface area contributed by atoms with Crippen LogP contribution in [0.2, 0.25) is 0 Å². The van der Waals surface area contributed by atoms with Crippen LogP contribution < -0.4 is 9.77 Å². The number of hydrogen-bond donors (Lipinski definition) is 1. The van der Waals surface area contributed by atoms with Crippen molar-refractivity contribution < 1.29 is 19.2 Å². The molecule has 3 aromatic carbocycles. The summed E-state index contributed by atoms with van der Waals surface area (Å²) < 4.78 is 1.19. The molecule has 0 atom stereocenters. The molecule has 0 aliphatic rings. The molecule has 0 aliphatic carbocycles. The molecule has 1 nitrogen and oxygen atoms in total. The first-order valence-electron chi connectivity index (χ1n) is 8.80. The molecule has 0 heterocycles. The van der Waals surface area contributed by atoms with Gasteiger partial charge >= 0.3 is 71.8 Å². The molecule has 0 aromatic heterocycles. The molecule has 0 aliphatic heterocycles. The Bertz CT molecular complexity index is 753. The molecule has 133 valence electrons. The molecule has 0 radical (unpaired) electrons. The van der Waals surface area contributed by atoms with Crippen LogP contribution in [0.15, 0.2) is 78.9 Å². The van der Waals surface area contributed by atoms with Crippen molar-refractivity contribution in [3.8, 4) is 11.1 Å². The Hall–Kier alpha value is -1.72. The van der Waals surface area contributed by atoms with E-state index in [0.29, 0.717) is 6.54 Å². The Morgan fingerprint density at radius 2 is 1.32 bits per heavy atom. The Morgan fingerprint density at radius 1 is 0.720 bits per heavy atom. The molecule has 0 fully saturated rings. The van der Waals surface area contributed by atoms with Crippen LogP contribution in [0.3, 0.4) is 0 Å². The average Bonchev–Trinajstić information content (AvgIpc) is 2.66. The fourth-order valence-corrected chi connectivity index (χ4v) is 3.22. The van der Waals surface area contributed by atoms with Gasteiger partial charge in [-0.2, -0.15) is 0 Å². The molecule has 2 heteroatoms. The molecule has 0 spiro atoms. The molecule has 3 rings (SSSR count). The SMILES string of the molecule is CCCc1ccccc1-c1ccccc1.NCCc1cccc[c]1[Pd]. The van der Waals surface area contributed by atoms with Crippen molar-refractivity contribution in [3.05, 3.63) is 90.0 Å². The van der Waals surface area contributed by atoms with Crippen LogP contribution >= 0.6 is 0 Å². The maximum absolute atomic E-state index is 5.41. The van der Waals surface area contributed by atoms with Gasteiger partial charge in [-0.1, -0.05) is 67.9 Å². The summed E-state index contributed by atoms with van der Waals surface area (Å²) >= 11 is 3.18. The van der Waals surface area contributed by atoms with Crippen molar-refractivity contribution in [2.24, 2.45) is 5.73 Å². The van der Waals surface area contributed by atoms with Gasteiger partial charge in [0, 0.05) is 0 Å². The predicted octanol–water partition coefficient (Wildman–Crippen LogP) is 4.67. The van der Waals surface area contributed by atoms with Gasteiger partial charge < -0.3 is 0 Å². The summed E-state index contributed by atoms with van der Waals surface area (Å²) in [4.78, 5) is 0. The topological polar surface area (TPSA) is 26.0 Å². The van der Waals surface area contributed by atoms with Crippen molar-refractivity contribution in [2.75, 3.05) is 6.54 Å². The van der Waals surface area contributed by atoms with Gasteiger partial charge in [-0.3, -0.25) is 0 Å². The Labute approximate surface area is 162 Å². The molecular weight excluding hydrogens is 397 g/mol. The first kappa shape index (κ1) is 19.6. The van der Waals surface area contributed by atoms with Gasteiger partial charge in [0.25, 0.3) is 0 Å². The van der Waals surface area contributed by atoms with E-state index < -0.39 is 0 Å². The maximum atomic E-state index is 5.41. The van der Waals surface area contributed by atoms with Crippen LogP contribution in [0.1, 0.15) is 24.5 Å². The van der Waals surface area contributed by atoms with Gasteiger partial charge in [0.15, 0.2) is 0 Å². The fourth-order valence-electron chi connectivity index (χ4n) is 2.74. The summed E-state index contributed by atoms with van der Waals surface area (Å²) in [6.07, 6.45) is 3.31. The second-order valence-electron chi connectivity index (χ2n) is 5.87. The minimum atomic E-state index is 0.717. The second-order valence-corrected chi connectivity index (χ2v) is 6.71. The average molecular weight is 423 g/mol. The van der Waals surface area contributed by atoms with E-state index in [4.69, 9.17) is 5.73 Å². The van der Waals surface area contributed by atoms with Crippen LogP contribution in [0, 0.1) is 0 Å². The molecule has 0 amide bonds. The standard InChI is InChI=1S/C15H16.C8H10N.Pd/c1-2-8-13-11-6-7-12-15(13)14-9-4-3-5-10-14;9-7-6-8-4-2-1-3-5-8;/h3-7,9-12H,2,8H2,1H3;1-4H,6-7,9H2;. The van der Waals surface area contributed by atoms with Crippen LogP contribution in [-0.4, -0.2) is 6.54 Å². The predicted molar refractivity (Wildman–Crippen MR) is 105 cm³/mol. The van der Waals surface area contributed by atoms with Gasteiger partial charge in [0.05, 0.1) is 0 Å². The van der Waals surface area contributed by atoms with E-state index in [-0.39, 0.29) is 0 Å². The summed E-state index contributed by atoms with van der Waals surface area (Å²) in [5.41, 5.74) is 10.9. The summed E-state index contributed by atoms with van der Waals surface area (Å²) in [7, 11) is 0. The van der Waals surface area contributed by atoms with E-state index >= 15 is 0 Å². The normalized spacial score (nSPS) is 10.1. The minimum absolute atomic E-state index is 0.717. The molecular formula is C23H26NPd. The Balaban J connectivity index is 0.000000196. The van der Waals surface area contributed by atoms with Crippen LogP contribution in [0.25, 0.3) is 11.1 Å². The van der Waals surface area contributed by atoms with Gasteiger partial charge in [0.2, 0.25) is 0 Å². The molecule has 0 unspecified atom stereocenters. The van der Waals surface area contributed by atoms with Gasteiger partial charge in [0.1, 0.15) is 0 Å². The molecule has 0 saturated carbocycles. The molecule has 0 saturated heterocycles. The first-order valence-corrected chi connectivity index (χ1v) is 9.57. The van der Waals surface area contributed by atoms with E-state index in [9.17, 15) is 0 Å². The van der Waals surface area contributed by atoms with Gasteiger partial charge in [-0.05, 0) is 23.1 Å². The number of hydrogen-bond acceptors (Lipinski definition) is 1. The van der Waals surface area contributed by atoms with Crippen LogP contribution in [0.5, 0.6) is 0 Å². The zero-order valence-electron chi connectivity index (χ0n) is 14.7. The van der Waals surface area contributed by atoms with Crippen molar-refractivity contribution in [2.45, 2.75) is 26.2 Å². The third-order valence-corrected chi connectivity index (χ3v) is 4.72. The zero-order valence-corrected chi connectivity index (χ0v) is 16.3. The summed E-state index contributed by atoms with van der Waals surface area (Å²) in [6, 6.07) is 27.5. The quantitative estimate of drug-likeness (QED) is 0.594. The molecule has 0 bridgehead atoms. The Kier molecular flexibility index (Phi) is 8.63. The van der Waals surface area contributed by atoms with Gasteiger partial charge in [-0.25, -0.2) is 0 Å². The molecule has 2 N–H and O–H groups in total. The summed E-state index contributed by atoms with van der Waals surface area (Å²) in [5, 5.41) is 0. The van der Waals surface area contributed by atoms with Crippen molar-refractivity contribution in [1.29, 1.82) is 0 Å². The summed E-state index contributed by atoms with van der Waals surface area (Å²) in [5.74, 6) is 0. The third kappa shape index (κ3) is 6.25. The van der Waals surface area contributed by atoms with Crippen LogP contribution in [-0.2, 0) is 32.0 Å². The second kappa shape index (κ2) is 11.0. The van der Waals surface area contributed by atoms with E-state index in [1.54, 1.807) is 0 Å². The molecule has 25 heavy (non-hydrogen) atoms. The van der Waals surface area contributed by atoms with Crippen molar-refractivity contribution >= 4 is 4.04 Å². The number of benzene rings is 3.